The van der Waals surface area contributed by atoms with E-state index in [-0.39, 0.29) is 11.9 Å². The molecule has 1 aliphatic heterocycles. The van der Waals surface area contributed by atoms with E-state index in [1.165, 1.54) is 11.8 Å². The highest BCUT2D eigenvalue weighted by Gasteiger charge is 2.28. The maximum absolute atomic E-state index is 13.3. The van der Waals surface area contributed by atoms with E-state index < -0.39 is 0 Å². The van der Waals surface area contributed by atoms with Crippen molar-refractivity contribution in [2.75, 3.05) is 25.9 Å². The second kappa shape index (κ2) is 9.80. The first-order valence-corrected chi connectivity index (χ1v) is 12.1. The molecule has 1 amide bonds. The van der Waals surface area contributed by atoms with Gasteiger partial charge in [0.1, 0.15) is 5.76 Å². The van der Waals surface area contributed by atoms with Crippen LogP contribution in [0, 0.1) is 0 Å². The third-order valence-electron chi connectivity index (χ3n) is 5.45. The largest absolute Gasteiger partial charge is 0.467 e. The van der Waals surface area contributed by atoms with Crippen LogP contribution >= 0.6 is 23.1 Å². The standard InChI is InChI=1S/C21H27N5O2S2/c1-3-25-20(18-7-5-13-29-18)22-23-21(25)30-15-19(27)26(14-17-6-4-12-28-17)16-8-10-24(2)11-9-16/h4-7,12-13,16H,3,8-11,14-15H2,1-2H3. The first-order valence-electron chi connectivity index (χ1n) is 10.3. The van der Waals surface area contributed by atoms with Crippen molar-refractivity contribution in [1.82, 2.24) is 24.6 Å². The minimum atomic E-state index is 0.120. The number of carbonyl (C=O) groups excluding carboxylic acids is 1. The number of likely N-dealkylation sites (tertiary alicyclic amines) is 1. The normalized spacial score (nSPS) is 15.5. The van der Waals surface area contributed by atoms with Gasteiger partial charge in [-0.25, -0.2) is 0 Å². The van der Waals surface area contributed by atoms with Gasteiger partial charge in [-0.05, 0) is 63.5 Å². The van der Waals surface area contributed by atoms with Crippen LogP contribution in [0.25, 0.3) is 10.7 Å². The summed E-state index contributed by atoms with van der Waals surface area (Å²) in [5.41, 5.74) is 0. The molecule has 0 unspecified atom stereocenters. The van der Waals surface area contributed by atoms with Gasteiger partial charge in [0.05, 0.1) is 23.4 Å². The minimum Gasteiger partial charge on any atom is -0.467 e. The summed E-state index contributed by atoms with van der Waals surface area (Å²) in [7, 11) is 2.13. The lowest BCUT2D eigenvalue weighted by Gasteiger charge is -2.37. The average Bonchev–Trinajstić information content (AvgIpc) is 3.52. The lowest BCUT2D eigenvalue weighted by Crippen LogP contribution is -2.46. The summed E-state index contributed by atoms with van der Waals surface area (Å²) >= 11 is 3.11. The molecule has 7 nitrogen and oxygen atoms in total. The molecule has 9 heteroatoms. The second-order valence-electron chi connectivity index (χ2n) is 7.45. The maximum atomic E-state index is 13.3. The van der Waals surface area contributed by atoms with E-state index in [0.717, 1.165) is 54.1 Å². The quantitative estimate of drug-likeness (QED) is 0.491. The monoisotopic (exact) mass is 445 g/mol. The summed E-state index contributed by atoms with van der Waals surface area (Å²) in [6.07, 6.45) is 3.64. The molecule has 0 atom stereocenters. The predicted octanol–water partition coefficient (Wildman–Crippen LogP) is 3.83. The molecule has 0 radical (unpaired) electrons. The molecule has 4 rings (SSSR count). The molecule has 0 N–H and O–H groups in total. The molecule has 1 aliphatic rings. The van der Waals surface area contributed by atoms with Crippen LogP contribution in [-0.2, 0) is 17.9 Å². The Bertz CT molecular complexity index is 931. The molecule has 0 saturated carbocycles. The number of furan rings is 1. The Balaban J connectivity index is 1.46. The predicted molar refractivity (Wildman–Crippen MR) is 120 cm³/mol. The Labute approximate surface area is 185 Å². The molecule has 1 saturated heterocycles. The number of hydrogen-bond acceptors (Lipinski definition) is 7. The number of piperidine rings is 1. The van der Waals surface area contributed by atoms with Gasteiger partial charge in [-0.1, -0.05) is 17.8 Å². The Morgan fingerprint density at radius 3 is 2.80 bits per heavy atom. The van der Waals surface area contributed by atoms with Crippen molar-refractivity contribution in [3.63, 3.8) is 0 Å². The van der Waals surface area contributed by atoms with Gasteiger partial charge in [-0.3, -0.25) is 4.79 Å². The SMILES string of the molecule is CCn1c(SCC(=O)N(Cc2ccco2)C2CCN(C)CC2)nnc1-c1cccs1. The van der Waals surface area contributed by atoms with Crippen molar-refractivity contribution in [2.45, 2.75) is 44.1 Å². The topological polar surface area (TPSA) is 67.4 Å². The van der Waals surface area contributed by atoms with Crippen LogP contribution in [0.3, 0.4) is 0 Å². The lowest BCUT2D eigenvalue weighted by molar-refractivity contribution is -0.132. The van der Waals surface area contributed by atoms with Crippen molar-refractivity contribution in [3.8, 4) is 10.7 Å². The molecule has 0 bridgehead atoms. The summed E-state index contributed by atoms with van der Waals surface area (Å²) in [6, 6.07) is 8.11. The smallest absolute Gasteiger partial charge is 0.233 e. The highest BCUT2D eigenvalue weighted by molar-refractivity contribution is 7.99. The number of thiophene rings is 1. The summed E-state index contributed by atoms with van der Waals surface area (Å²) < 4.78 is 7.61. The zero-order chi connectivity index (χ0) is 20.9. The number of thioether (sulfide) groups is 1. The van der Waals surface area contributed by atoms with Gasteiger partial charge in [-0.2, -0.15) is 0 Å². The fraction of sp³-hybridized carbons (Fsp3) is 0.476. The highest BCUT2D eigenvalue weighted by Crippen LogP contribution is 2.28. The summed E-state index contributed by atoms with van der Waals surface area (Å²) in [6.45, 7) is 5.37. The molecule has 0 spiro atoms. The van der Waals surface area contributed by atoms with Crippen LogP contribution in [0.1, 0.15) is 25.5 Å². The second-order valence-corrected chi connectivity index (χ2v) is 9.34. The molecule has 4 heterocycles. The molecular formula is C21H27N5O2S2. The van der Waals surface area contributed by atoms with E-state index in [0.29, 0.717) is 12.3 Å². The summed E-state index contributed by atoms with van der Waals surface area (Å²) in [4.78, 5) is 18.7. The van der Waals surface area contributed by atoms with E-state index in [4.69, 9.17) is 4.42 Å². The maximum Gasteiger partial charge on any atom is 0.233 e. The Hall–Kier alpha value is -2.10. The Kier molecular flexibility index (Phi) is 6.91. The highest BCUT2D eigenvalue weighted by atomic mass is 32.2. The van der Waals surface area contributed by atoms with Gasteiger partial charge in [0.15, 0.2) is 11.0 Å². The molecule has 3 aromatic heterocycles. The van der Waals surface area contributed by atoms with Gasteiger partial charge in [0.2, 0.25) is 5.91 Å². The molecular weight excluding hydrogens is 418 g/mol. The van der Waals surface area contributed by atoms with Gasteiger partial charge < -0.3 is 18.8 Å². The third kappa shape index (κ3) is 4.79. The number of carbonyl (C=O) groups is 1. The van der Waals surface area contributed by atoms with Crippen molar-refractivity contribution in [1.29, 1.82) is 0 Å². The van der Waals surface area contributed by atoms with Crippen LogP contribution < -0.4 is 0 Å². The van der Waals surface area contributed by atoms with Crippen molar-refractivity contribution in [3.05, 3.63) is 41.7 Å². The third-order valence-corrected chi connectivity index (χ3v) is 7.27. The van der Waals surface area contributed by atoms with Crippen LogP contribution in [-0.4, -0.2) is 62.4 Å². The van der Waals surface area contributed by atoms with Gasteiger partial charge in [0, 0.05) is 12.6 Å². The van der Waals surface area contributed by atoms with Crippen LogP contribution in [0.2, 0.25) is 0 Å². The van der Waals surface area contributed by atoms with E-state index in [9.17, 15) is 4.79 Å². The van der Waals surface area contributed by atoms with Crippen molar-refractivity contribution in [2.24, 2.45) is 0 Å². The Morgan fingerprint density at radius 2 is 2.13 bits per heavy atom. The first kappa shape index (κ1) is 21.1. The van der Waals surface area contributed by atoms with Crippen LogP contribution in [0.4, 0.5) is 0 Å². The summed E-state index contributed by atoms with van der Waals surface area (Å²) in [5, 5.41) is 11.6. The zero-order valence-electron chi connectivity index (χ0n) is 17.4. The number of nitrogens with zero attached hydrogens (tertiary/aromatic N) is 5. The number of hydrogen-bond donors (Lipinski definition) is 0. The molecule has 3 aromatic rings. The van der Waals surface area contributed by atoms with E-state index in [1.807, 2.05) is 34.5 Å². The average molecular weight is 446 g/mol. The van der Waals surface area contributed by atoms with Crippen molar-refractivity contribution >= 4 is 29.0 Å². The first-order chi connectivity index (χ1) is 14.7. The molecule has 30 heavy (non-hydrogen) atoms. The minimum absolute atomic E-state index is 0.120. The number of amides is 1. The lowest BCUT2D eigenvalue weighted by atomic mass is 10.0. The van der Waals surface area contributed by atoms with Gasteiger partial charge in [-0.15, -0.1) is 21.5 Å². The Morgan fingerprint density at radius 1 is 1.30 bits per heavy atom. The fourth-order valence-electron chi connectivity index (χ4n) is 3.78. The van der Waals surface area contributed by atoms with Crippen LogP contribution in [0.5, 0.6) is 0 Å². The number of aromatic nitrogens is 3. The van der Waals surface area contributed by atoms with E-state index >= 15 is 0 Å². The molecule has 0 aliphatic carbocycles. The molecule has 1 fully saturated rings. The molecule has 0 aromatic carbocycles. The fourth-order valence-corrected chi connectivity index (χ4v) is 5.38. The van der Waals surface area contributed by atoms with E-state index in [2.05, 4.69) is 33.6 Å². The van der Waals surface area contributed by atoms with Gasteiger partial charge in [0.25, 0.3) is 0 Å². The van der Waals surface area contributed by atoms with Crippen LogP contribution in [0.15, 0.2) is 45.5 Å². The van der Waals surface area contributed by atoms with E-state index in [1.54, 1.807) is 17.6 Å². The summed E-state index contributed by atoms with van der Waals surface area (Å²) in [5.74, 6) is 2.15. The molecule has 160 valence electrons. The zero-order valence-corrected chi connectivity index (χ0v) is 19.0. The van der Waals surface area contributed by atoms with Crippen molar-refractivity contribution < 1.29 is 9.21 Å². The van der Waals surface area contributed by atoms with Gasteiger partial charge >= 0.3 is 0 Å². The number of rotatable bonds is 8.